The van der Waals surface area contributed by atoms with Gasteiger partial charge in [-0.15, -0.1) is 0 Å². The first kappa shape index (κ1) is 20.0. The number of carboxylic acids is 1. The first-order valence-electron chi connectivity index (χ1n) is 8.55. The molecule has 0 saturated heterocycles. The van der Waals surface area contributed by atoms with Gasteiger partial charge in [0.15, 0.2) is 6.10 Å². The summed E-state index contributed by atoms with van der Waals surface area (Å²) in [6.45, 7) is 3.36. The van der Waals surface area contributed by atoms with Crippen LogP contribution in [0.25, 0.3) is 0 Å². The highest BCUT2D eigenvalue weighted by atomic mass is 35.5. The van der Waals surface area contributed by atoms with Gasteiger partial charge in [0.1, 0.15) is 5.75 Å². The average molecular weight is 383 g/mol. The molecule has 1 saturated carbocycles. The Hall–Kier alpha value is -2.28. The zero-order valence-electron chi connectivity index (χ0n) is 14.8. The summed E-state index contributed by atoms with van der Waals surface area (Å²) in [6, 6.07) is 5.04. The zero-order valence-corrected chi connectivity index (χ0v) is 15.5. The number of hydrazine groups is 1. The molecule has 2 amide bonds. The molecule has 3 atom stereocenters. The second-order valence-electron chi connectivity index (χ2n) is 6.48. The number of aliphatic carboxylic acids is 1. The number of carboxylic acid groups (broad SMARTS) is 1. The van der Waals surface area contributed by atoms with Crippen LogP contribution in [0.15, 0.2) is 18.2 Å². The van der Waals surface area contributed by atoms with Crippen molar-refractivity contribution in [2.75, 3.05) is 0 Å². The maximum Gasteiger partial charge on any atom is 0.307 e. The van der Waals surface area contributed by atoms with Gasteiger partial charge in [-0.2, -0.15) is 0 Å². The van der Waals surface area contributed by atoms with Crippen LogP contribution >= 0.6 is 11.6 Å². The highest BCUT2D eigenvalue weighted by Crippen LogP contribution is 2.30. The molecule has 3 N–H and O–H groups in total. The smallest absolute Gasteiger partial charge is 0.307 e. The summed E-state index contributed by atoms with van der Waals surface area (Å²) < 4.78 is 5.58. The minimum atomic E-state index is -0.980. The van der Waals surface area contributed by atoms with Crippen molar-refractivity contribution in [1.29, 1.82) is 0 Å². The van der Waals surface area contributed by atoms with Crippen LogP contribution in [-0.4, -0.2) is 29.0 Å². The van der Waals surface area contributed by atoms with Crippen LogP contribution < -0.4 is 15.6 Å². The Morgan fingerprint density at radius 1 is 1.19 bits per heavy atom. The van der Waals surface area contributed by atoms with E-state index in [2.05, 4.69) is 10.9 Å². The van der Waals surface area contributed by atoms with E-state index in [9.17, 15) is 19.5 Å². The van der Waals surface area contributed by atoms with E-state index < -0.39 is 35.7 Å². The van der Waals surface area contributed by atoms with Gasteiger partial charge in [0.05, 0.1) is 11.8 Å². The van der Waals surface area contributed by atoms with E-state index in [1.807, 2.05) is 6.92 Å². The number of halogens is 1. The van der Waals surface area contributed by atoms with Crippen molar-refractivity contribution in [3.63, 3.8) is 0 Å². The summed E-state index contributed by atoms with van der Waals surface area (Å²) in [5.74, 6) is -2.84. The number of nitrogens with one attached hydrogen (secondary N) is 2. The molecular formula is C18H23ClN2O5. The minimum Gasteiger partial charge on any atom is -0.481 e. The van der Waals surface area contributed by atoms with Crippen LogP contribution in [0.4, 0.5) is 0 Å². The highest BCUT2D eigenvalue weighted by molar-refractivity contribution is 6.30. The lowest BCUT2D eigenvalue weighted by atomic mass is 9.79. The van der Waals surface area contributed by atoms with Crippen LogP contribution in [0.3, 0.4) is 0 Å². The Morgan fingerprint density at radius 2 is 1.85 bits per heavy atom. The fraction of sp³-hybridized carbons (Fsp3) is 0.500. The third-order valence-electron chi connectivity index (χ3n) is 4.54. The van der Waals surface area contributed by atoms with E-state index >= 15 is 0 Å². The molecule has 1 fully saturated rings. The molecule has 1 aliphatic rings. The number of rotatable bonds is 5. The van der Waals surface area contributed by atoms with Gasteiger partial charge in [0, 0.05) is 5.02 Å². The zero-order chi connectivity index (χ0) is 19.3. The van der Waals surface area contributed by atoms with Crippen LogP contribution in [0.5, 0.6) is 5.75 Å². The first-order chi connectivity index (χ1) is 12.3. The number of hydrogen-bond acceptors (Lipinski definition) is 4. The number of carbonyl (C=O) groups is 3. The van der Waals surface area contributed by atoms with Crippen molar-refractivity contribution >= 4 is 29.4 Å². The molecule has 142 valence electrons. The number of carbonyl (C=O) groups excluding carboxylic acids is 2. The average Bonchev–Trinajstić information content (AvgIpc) is 2.61. The molecule has 0 unspecified atom stereocenters. The standard InChI is InChI=1S/C18H23ClN2O5/c1-10-9-12(19)7-8-15(10)26-11(2)16(22)20-21-17(23)13-5-3-4-6-14(13)18(24)25/h7-9,11,13-14H,3-6H2,1-2H3,(H,20,22)(H,21,23)(H,24,25)/t11-,13+,14+/m1/s1. The summed E-state index contributed by atoms with van der Waals surface area (Å²) in [5.41, 5.74) is 5.42. The maximum absolute atomic E-state index is 12.2. The fourth-order valence-corrected chi connectivity index (χ4v) is 3.27. The van der Waals surface area contributed by atoms with Crippen molar-refractivity contribution in [2.24, 2.45) is 11.8 Å². The summed E-state index contributed by atoms with van der Waals surface area (Å²) in [6.07, 6.45) is 1.70. The number of amides is 2. The lowest BCUT2D eigenvalue weighted by Gasteiger charge is -2.27. The van der Waals surface area contributed by atoms with E-state index in [0.717, 1.165) is 18.4 Å². The third kappa shape index (κ3) is 5.11. The summed E-state index contributed by atoms with van der Waals surface area (Å²) >= 11 is 5.88. The van der Waals surface area contributed by atoms with Crippen LogP contribution in [0, 0.1) is 18.8 Å². The molecular weight excluding hydrogens is 360 g/mol. The maximum atomic E-state index is 12.2. The second kappa shape index (κ2) is 8.89. The summed E-state index contributed by atoms with van der Waals surface area (Å²) in [4.78, 5) is 35.7. The molecule has 0 spiro atoms. The predicted octanol–water partition coefficient (Wildman–Crippen LogP) is 2.45. The molecule has 2 rings (SSSR count). The molecule has 0 aliphatic heterocycles. The monoisotopic (exact) mass is 382 g/mol. The Kier molecular flexibility index (Phi) is 6.85. The number of ether oxygens (including phenoxy) is 1. The van der Waals surface area contributed by atoms with E-state index in [1.165, 1.54) is 0 Å². The Morgan fingerprint density at radius 3 is 2.46 bits per heavy atom. The Balaban J connectivity index is 1.88. The highest BCUT2D eigenvalue weighted by Gasteiger charge is 2.36. The summed E-state index contributed by atoms with van der Waals surface area (Å²) in [5, 5.41) is 9.81. The number of aryl methyl sites for hydroxylation is 1. The number of benzene rings is 1. The van der Waals surface area contributed by atoms with E-state index in [-0.39, 0.29) is 0 Å². The molecule has 26 heavy (non-hydrogen) atoms. The normalized spacial score (nSPS) is 20.7. The van der Waals surface area contributed by atoms with Crippen molar-refractivity contribution in [3.8, 4) is 5.75 Å². The van der Waals surface area contributed by atoms with E-state index in [4.69, 9.17) is 16.3 Å². The number of hydrogen-bond donors (Lipinski definition) is 3. The van der Waals surface area contributed by atoms with Gasteiger partial charge in [0.25, 0.3) is 5.91 Å². The third-order valence-corrected chi connectivity index (χ3v) is 4.77. The lowest BCUT2D eigenvalue weighted by Crippen LogP contribution is -2.51. The first-order valence-corrected chi connectivity index (χ1v) is 8.92. The van der Waals surface area contributed by atoms with Gasteiger partial charge in [-0.05, 0) is 50.5 Å². The van der Waals surface area contributed by atoms with Crippen LogP contribution in [0.1, 0.15) is 38.2 Å². The van der Waals surface area contributed by atoms with Crippen molar-refractivity contribution < 1.29 is 24.2 Å². The second-order valence-corrected chi connectivity index (χ2v) is 6.92. The van der Waals surface area contributed by atoms with Gasteiger partial charge in [-0.1, -0.05) is 24.4 Å². The van der Waals surface area contributed by atoms with Gasteiger partial charge >= 0.3 is 5.97 Å². The Bertz CT molecular complexity index is 694. The van der Waals surface area contributed by atoms with Crippen LogP contribution in [-0.2, 0) is 14.4 Å². The predicted molar refractivity (Wildman–Crippen MR) is 95.6 cm³/mol. The van der Waals surface area contributed by atoms with E-state index in [1.54, 1.807) is 25.1 Å². The Labute approximate surface area is 157 Å². The largest absolute Gasteiger partial charge is 0.481 e. The molecule has 0 aromatic heterocycles. The van der Waals surface area contributed by atoms with Crippen LogP contribution in [0.2, 0.25) is 5.02 Å². The topological polar surface area (TPSA) is 105 Å². The quantitative estimate of drug-likeness (QED) is 0.678. The minimum absolute atomic E-state index is 0.469. The molecule has 1 aromatic rings. The van der Waals surface area contributed by atoms with Gasteiger partial charge in [0.2, 0.25) is 5.91 Å². The summed E-state index contributed by atoms with van der Waals surface area (Å²) in [7, 11) is 0. The van der Waals surface area contributed by atoms with Gasteiger partial charge < -0.3 is 9.84 Å². The molecule has 0 radical (unpaired) electrons. The van der Waals surface area contributed by atoms with Crippen molar-refractivity contribution in [3.05, 3.63) is 28.8 Å². The van der Waals surface area contributed by atoms with Gasteiger partial charge in [-0.3, -0.25) is 25.2 Å². The molecule has 8 heteroatoms. The van der Waals surface area contributed by atoms with Crippen molar-refractivity contribution in [2.45, 2.75) is 45.6 Å². The van der Waals surface area contributed by atoms with Crippen molar-refractivity contribution in [1.82, 2.24) is 10.9 Å². The molecule has 1 aromatic carbocycles. The SMILES string of the molecule is Cc1cc(Cl)ccc1O[C@H](C)C(=O)NNC(=O)[C@H]1CCCC[C@@H]1C(=O)O. The molecule has 7 nitrogen and oxygen atoms in total. The van der Waals surface area contributed by atoms with E-state index in [0.29, 0.717) is 23.6 Å². The van der Waals surface area contributed by atoms with Gasteiger partial charge in [-0.25, -0.2) is 0 Å². The molecule has 0 heterocycles. The fourth-order valence-electron chi connectivity index (χ4n) is 3.05. The lowest BCUT2D eigenvalue weighted by molar-refractivity contribution is -0.149. The molecule has 1 aliphatic carbocycles. The molecule has 0 bridgehead atoms.